The van der Waals surface area contributed by atoms with E-state index < -0.39 is 0 Å². The maximum Gasteiger partial charge on any atom is 0.126 e. The predicted molar refractivity (Wildman–Crippen MR) is 91.1 cm³/mol. The van der Waals surface area contributed by atoms with Gasteiger partial charge in [-0.05, 0) is 63.7 Å². The summed E-state index contributed by atoms with van der Waals surface area (Å²) in [6.07, 6.45) is 7.52. The van der Waals surface area contributed by atoms with Crippen LogP contribution in [0.5, 0.6) is 0 Å². The van der Waals surface area contributed by atoms with E-state index in [0.717, 1.165) is 25.3 Å². The highest BCUT2D eigenvalue weighted by Crippen LogP contribution is 2.39. The third kappa shape index (κ3) is 5.21. The van der Waals surface area contributed by atoms with Gasteiger partial charge >= 0.3 is 0 Å². The van der Waals surface area contributed by atoms with E-state index in [1.807, 2.05) is 0 Å². The molecule has 1 heterocycles. The van der Waals surface area contributed by atoms with Crippen molar-refractivity contribution >= 4 is 0 Å². The van der Waals surface area contributed by atoms with Crippen molar-refractivity contribution in [1.82, 2.24) is 0 Å². The van der Waals surface area contributed by atoms with E-state index in [2.05, 4.69) is 34.6 Å². The molecule has 2 rings (SSSR count). The number of likely N-dealkylation sites (tertiary alicyclic amines) is 1. The molecule has 1 saturated carbocycles. The minimum atomic E-state index is -0.321. The number of quaternary nitrogens is 1. The quantitative estimate of drug-likeness (QED) is 0.817. The van der Waals surface area contributed by atoms with Gasteiger partial charge in [0.2, 0.25) is 0 Å². The van der Waals surface area contributed by atoms with Crippen LogP contribution in [0.3, 0.4) is 0 Å². The highest BCUT2D eigenvalue weighted by molar-refractivity contribution is 4.83. The zero-order chi connectivity index (χ0) is 16.3. The van der Waals surface area contributed by atoms with Crippen molar-refractivity contribution in [2.24, 2.45) is 11.3 Å². The average molecular weight is 313 g/mol. The van der Waals surface area contributed by atoms with Crippen molar-refractivity contribution in [3.05, 3.63) is 0 Å². The van der Waals surface area contributed by atoms with E-state index in [0.29, 0.717) is 30.2 Å². The van der Waals surface area contributed by atoms with Gasteiger partial charge in [0.05, 0.1) is 24.8 Å². The lowest BCUT2D eigenvalue weighted by Gasteiger charge is -2.39. The molecule has 1 aliphatic carbocycles. The van der Waals surface area contributed by atoms with Crippen LogP contribution in [-0.2, 0) is 4.74 Å². The summed E-state index contributed by atoms with van der Waals surface area (Å²) >= 11 is 0. The monoisotopic (exact) mass is 312 g/mol. The normalized spacial score (nSPS) is 40.4. The first-order valence-electron chi connectivity index (χ1n) is 9.42. The summed E-state index contributed by atoms with van der Waals surface area (Å²) in [7, 11) is 0. The molecule has 2 fully saturated rings. The smallest absolute Gasteiger partial charge is 0.126 e. The number of aliphatic hydroxyl groups is 1. The zero-order valence-electron chi connectivity index (χ0n) is 15.4. The molecule has 0 radical (unpaired) electrons. The van der Waals surface area contributed by atoms with E-state index in [9.17, 15) is 5.11 Å². The Morgan fingerprint density at radius 1 is 1.14 bits per heavy atom. The van der Waals surface area contributed by atoms with Gasteiger partial charge in [-0.25, -0.2) is 0 Å². The second-order valence-corrected chi connectivity index (χ2v) is 9.03. The fourth-order valence-corrected chi connectivity index (χ4v) is 4.95. The molecule has 0 bridgehead atoms. The molecule has 0 spiro atoms. The average Bonchev–Trinajstić information content (AvgIpc) is 2.38. The van der Waals surface area contributed by atoms with Gasteiger partial charge in [0.15, 0.2) is 0 Å². The van der Waals surface area contributed by atoms with Crippen molar-refractivity contribution < 1.29 is 14.7 Å². The Morgan fingerprint density at radius 3 is 2.36 bits per heavy atom. The van der Waals surface area contributed by atoms with Gasteiger partial charge in [-0.3, -0.25) is 0 Å². The van der Waals surface area contributed by atoms with Crippen LogP contribution >= 0.6 is 0 Å². The van der Waals surface area contributed by atoms with Crippen LogP contribution in [0.4, 0.5) is 0 Å². The SMILES string of the molecule is C[C@H]1C[C@@H](OC[C@@H](O)C[NH+]2[C@H](C)CCC[C@@H]2C)CC(C)(C)C1. The molecular formula is C19H38NO2+. The second kappa shape index (κ2) is 7.63. The molecule has 130 valence electrons. The fraction of sp³-hybridized carbons (Fsp3) is 1.00. The Hall–Kier alpha value is -0.120. The summed E-state index contributed by atoms with van der Waals surface area (Å²) in [5, 5.41) is 10.4. The van der Waals surface area contributed by atoms with Gasteiger partial charge in [0.25, 0.3) is 0 Å². The van der Waals surface area contributed by atoms with Crippen molar-refractivity contribution in [1.29, 1.82) is 0 Å². The Balaban J connectivity index is 1.76. The molecule has 0 amide bonds. The maximum absolute atomic E-state index is 10.4. The van der Waals surface area contributed by atoms with Gasteiger partial charge < -0.3 is 14.7 Å². The largest absolute Gasteiger partial charge is 0.385 e. The number of aliphatic hydroxyl groups excluding tert-OH is 1. The lowest BCUT2D eigenvalue weighted by atomic mass is 9.71. The van der Waals surface area contributed by atoms with Gasteiger partial charge in [0, 0.05) is 0 Å². The van der Waals surface area contributed by atoms with Crippen LogP contribution in [-0.4, -0.2) is 42.5 Å². The summed E-state index contributed by atoms with van der Waals surface area (Å²) < 4.78 is 6.10. The Morgan fingerprint density at radius 2 is 1.77 bits per heavy atom. The van der Waals surface area contributed by atoms with E-state index >= 15 is 0 Å². The number of rotatable bonds is 5. The van der Waals surface area contributed by atoms with Crippen LogP contribution in [0.15, 0.2) is 0 Å². The minimum Gasteiger partial charge on any atom is -0.385 e. The molecule has 1 saturated heterocycles. The molecule has 0 aromatic carbocycles. The van der Waals surface area contributed by atoms with Crippen molar-refractivity contribution in [2.45, 2.75) is 97.4 Å². The van der Waals surface area contributed by atoms with Crippen LogP contribution in [0.1, 0.15) is 73.1 Å². The van der Waals surface area contributed by atoms with Crippen LogP contribution in [0.25, 0.3) is 0 Å². The van der Waals surface area contributed by atoms with Crippen molar-refractivity contribution in [3.63, 3.8) is 0 Å². The summed E-state index contributed by atoms with van der Waals surface area (Å²) in [4.78, 5) is 1.57. The van der Waals surface area contributed by atoms with Crippen LogP contribution < -0.4 is 4.90 Å². The summed E-state index contributed by atoms with van der Waals surface area (Å²) in [5.74, 6) is 0.735. The van der Waals surface area contributed by atoms with E-state index in [1.165, 1.54) is 25.7 Å². The van der Waals surface area contributed by atoms with Gasteiger partial charge in [-0.2, -0.15) is 0 Å². The van der Waals surface area contributed by atoms with Crippen LogP contribution in [0, 0.1) is 11.3 Å². The molecule has 0 aromatic heterocycles. The Bertz CT molecular complexity index is 334. The molecule has 3 heteroatoms. The topological polar surface area (TPSA) is 33.9 Å². The standard InChI is InChI=1S/C19H37NO2/c1-14-9-18(11-19(4,5)10-14)22-13-17(21)12-20-15(2)7-6-8-16(20)3/h14-18,21H,6-13H2,1-5H3/p+1/t14-,15-,16+,17-,18+/m0/s1. The van der Waals surface area contributed by atoms with Gasteiger partial charge in [-0.1, -0.05) is 20.8 Å². The first kappa shape index (κ1) is 18.2. The lowest BCUT2D eigenvalue weighted by molar-refractivity contribution is -0.954. The summed E-state index contributed by atoms with van der Waals surface area (Å²) in [6.45, 7) is 13.0. The number of hydrogen-bond donors (Lipinski definition) is 2. The van der Waals surface area contributed by atoms with E-state index in [-0.39, 0.29) is 6.10 Å². The molecule has 1 unspecified atom stereocenters. The molecule has 1 aliphatic heterocycles. The molecule has 3 nitrogen and oxygen atoms in total. The number of piperidine rings is 1. The molecule has 22 heavy (non-hydrogen) atoms. The fourth-order valence-electron chi connectivity index (χ4n) is 4.95. The zero-order valence-corrected chi connectivity index (χ0v) is 15.4. The predicted octanol–water partition coefficient (Wildman–Crippen LogP) is 2.42. The first-order chi connectivity index (χ1) is 10.3. The number of hydrogen-bond acceptors (Lipinski definition) is 2. The highest BCUT2D eigenvalue weighted by Gasteiger charge is 2.34. The molecular weight excluding hydrogens is 274 g/mol. The van der Waals surface area contributed by atoms with Crippen LogP contribution in [0.2, 0.25) is 0 Å². The molecule has 2 aliphatic rings. The van der Waals surface area contributed by atoms with E-state index in [4.69, 9.17) is 4.74 Å². The molecule has 0 aromatic rings. The minimum absolute atomic E-state index is 0.321. The highest BCUT2D eigenvalue weighted by atomic mass is 16.5. The van der Waals surface area contributed by atoms with Crippen molar-refractivity contribution in [3.8, 4) is 0 Å². The Kier molecular flexibility index (Phi) is 6.32. The second-order valence-electron chi connectivity index (χ2n) is 9.03. The molecule has 2 N–H and O–H groups in total. The van der Waals surface area contributed by atoms with E-state index in [1.54, 1.807) is 4.90 Å². The van der Waals surface area contributed by atoms with Gasteiger partial charge in [0.1, 0.15) is 12.6 Å². The third-order valence-corrected chi connectivity index (χ3v) is 5.88. The third-order valence-electron chi connectivity index (χ3n) is 5.88. The molecule has 6 atom stereocenters. The first-order valence-corrected chi connectivity index (χ1v) is 9.42. The number of ether oxygens (including phenoxy) is 1. The summed E-state index contributed by atoms with van der Waals surface area (Å²) in [5.41, 5.74) is 0.383. The van der Waals surface area contributed by atoms with Crippen molar-refractivity contribution in [2.75, 3.05) is 13.2 Å². The maximum atomic E-state index is 10.4. The van der Waals surface area contributed by atoms with Gasteiger partial charge in [-0.15, -0.1) is 0 Å². The summed E-state index contributed by atoms with van der Waals surface area (Å²) in [6, 6.07) is 1.35. The Labute approximate surface area is 137 Å². The number of nitrogens with one attached hydrogen (secondary N) is 1. The lowest BCUT2D eigenvalue weighted by Crippen LogP contribution is -3.20.